The molecule has 0 aliphatic heterocycles. The van der Waals surface area contributed by atoms with E-state index in [1.54, 1.807) is 0 Å². The van der Waals surface area contributed by atoms with E-state index in [2.05, 4.69) is 159 Å². The molecule has 0 nitrogen and oxygen atoms in total. The largest absolute Gasteiger partial charge is 0.0619 e. The van der Waals surface area contributed by atoms with Crippen molar-refractivity contribution in [3.8, 4) is 33.4 Å². The second-order valence-corrected chi connectivity index (χ2v) is 12.5. The fraction of sp³-hybridized carbons (Fsp3) is 0.0698. The van der Waals surface area contributed by atoms with Crippen molar-refractivity contribution in [2.24, 2.45) is 0 Å². The van der Waals surface area contributed by atoms with Gasteiger partial charge in [0.2, 0.25) is 0 Å². The van der Waals surface area contributed by atoms with Gasteiger partial charge in [0.05, 0.1) is 0 Å². The quantitative estimate of drug-likeness (QED) is 0.189. The fourth-order valence-corrected chi connectivity index (χ4v) is 7.92. The molecule has 202 valence electrons. The summed E-state index contributed by atoms with van der Waals surface area (Å²) in [7, 11) is 0. The van der Waals surface area contributed by atoms with E-state index in [0.717, 1.165) is 0 Å². The van der Waals surface area contributed by atoms with Crippen molar-refractivity contribution in [3.63, 3.8) is 0 Å². The van der Waals surface area contributed by atoms with E-state index < -0.39 is 0 Å². The van der Waals surface area contributed by atoms with Crippen LogP contribution in [0.3, 0.4) is 0 Å². The fourth-order valence-electron chi connectivity index (χ4n) is 7.92. The molecule has 43 heavy (non-hydrogen) atoms. The maximum absolute atomic E-state index is 2.41. The van der Waals surface area contributed by atoms with Gasteiger partial charge in [-0.1, -0.05) is 153 Å². The summed E-state index contributed by atoms with van der Waals surface area (Å²) in [5.74, 6) is 0. The minimum absolute atomic E-state index is 0.145. The summed E-state index contributed by atoms with van der Waals surface area (Å²) in [6.07, 6.45) is 0. The molecule has 0 unspecified atom stereocenters. The monoisotopic (exact) mass is 546 g/mol. The first kappa shape index (κ1) is 24.4. The van der Waals surface area contributed by atoms with Gasteiger partial charge in [-0.3, -0.25) is 0 Å². The van der Waals surface area contributed by atoms with Crippen molar-refractivity contribution in [2.45, 2.75) is 19.3 Å². The average molecular weight is 547 g/mol. The van der Waals surface area contributed by atoms with E-state index in [1.807, 2.05) is 0 Å². The zero-order valence-corrected chi connectivity index (χ0v) is 24.4. The third-order valence-electron chi connectivity index (χ3n) is 9.80. The molecule has 9 rings (SSSR count). The van der Waals surface area contributed by atoms with Gasteiger partial charge in [0, 0.05) is 5.41 Å². The summed E-state index contributed by atoms with van der Waals surface area (Å²) in [6.45, 7) is 4.82. The Balaban J connectivity index is 1.53. The van der Waals surface area contributed by atoms with E-state index in [9.17, 15) is 0 Å². The van der Waals surface area contributed by atoms with Crippen LogP contribution in [0, 0.1) is 0 Å². The van der Waals surface area contributed by atoms with Crippen LogP contribution < -0.4 is 0 Å². The van der Waals surface area contributed by atoms with E-state index in [4.69, 9.17) is 0 Å². The summed E-state index contributed by atoms with van der Waals surface area (Å²) in [4.78, 5) is 0. The van der Waals surface area contributed by atoms with E-state index in [1.165, 1.54) is 87.6 Å². The van der Waals surface area contributed by atoms with Gasteiger partial charge >= 0.3 is 0 Å². The van der Waals surface area contributed by atoms with Gasteiger partial charge in [-0.25, -0.2) is 0 Å². The maximum atomic E-state index is 2.41. The highest BCUT2D eigenvalue weighted by atomic mass is 14.4. The van der Waals surface area contributed by atoms with Gasteiger partial charge in [-0.2, -0.15) is 0 Å². The lowest BCUT2D eigenvalue weighted by Gasteiger charge is -2.27. The van der Waals surface area contributed by atoms with Crippen LogP contribution in [-0.4, -0.2) is 0 Å². The highest BCUT2D eigenvalue weighted by Crippen LogP contribution is 2.56. The Kier molecular flexibility index (Phi) is 5.05. The zero-order chi connectivity index (χ0) is 28.7. The molecule has 1 aliphatic rings. The Morgan fingerprint density at radius 2 is 1.02 bits per heavy atom. The van der Waals surface area contributed by atoms with Gasteiger partial charge in [0.15, 0.2) is 0 Å². The highest BCUT2D eigenvalue weighted by Gasteiger charge is 2.38. The third kappa shape index (κ3) is 3.38. The summed E-state index contributed by atoms with van der Waals surface area (Å²) in [5, 5.41) is 10.4. The van der Waals surface area contributed by atoms with Crippen molar-refractivity contribution < 1.29 is 0 Å². The first-order valence-electron chi connectivity index (χ1n) is 15.2. The first-order valence-corrected chi connectivity index (χ1v) is 15.2. The van der Waals surface area contributed by atoms with Crippen molar-refractivity contribution in [3.05, 3.63) is 157 Å². The van der Waals surface area contributed by atoms with Crippen molar-refractivity contribution >= 4 is 43.1 Å². The van der Waals surface area contributed by atoms with Gasteiger partial charge in [-0.05, 0) is 93.7 Å². The van der Waals surface area contributed by atoms with Crippen molar-refractivity contribution in [1.82, 2.24) is 0 Å². The first-order chi connectivity index (χ1) is 21.1. The van der Waals surface area contributed by atoms with Crippen LogP contribution in [0.2, 0.25) is 0 Å². The highest BCUT2D eigenvalue weighted by molar-refractivity contribution is 6.26. The van der Waals surface area contributed by atoms with Crippen LogP contribution in [0.5, 0.6) is 0 Å². The minimum atomic E-state index is -0.145. The molecule has 8 aromatic rings. The molecule has 0 fully saturated rings. The SMILES string of the molecule is CC1(C)c2ccccc2-c2ccc3c(-c4ccc5ccccc5c4)c4ccccc4c(-c4cccc5ccccc45)c3c21. The van der Waals surface area contributed by atoms with Gasteiger partial charge in [0.25, 0.3) is 0 Å². The lowest BCUT2D eigenvalue weighted by atomic mass is 9.76. The predicted molar refractivity (Wildman–Crippen MR) is 185 cm³/mol. The molecule has 0 saturated carbocycles. The lowest BCUT2D eigenvalue weighted by Crippen LogP contribution is -2.16. The molecule has 0 bridgehead atoms. The molecular weight excluding hydrogens is 516 g/mol. The number of hydrogen-bond acceptors (Lipinski definition) is 0. The molecule has 0 saturated heterocycles. The maximum Gasteiger partial charge on any atom is 0.0165 e. The van der Waals surface area contributed by atoms with Crippen LogP contribution in [0.4, 0.5) is 0 Å². The third-order valence-corrected chi connectivity index (χ3v) is 9.80. The van der Waals surface area contributed by atoms with E-state index in [0.29, 0.717) is 0 Å². The summed E-state index contributed by atoms with van der Waals surface area (Å²) < 4.78 is 0. The zero-order valence-electron chi connectivity index (χ0n) is 24.4. The Morgan fingerprint density at radius 3 is 1.86 bits per heavy atom. The molecular formula is C43H30. The van der Waals surface area contributed by atoms with Crippen LogP contribution in [0.15, 0.2) is 146 Å². The molecule has 0 aromatic heterocycles. The van der Waals surface area contributed by atoms with Crippen LogP contribution in [0.1, 0.15) is 25.0 Å². The minimum Gasteiger partial charge on any atom is -0.0619 e. The van der Waals surface area contributed by atoms with Crippen LogP contribution >= 0.6 is 0 Å². The molecule has 0 amide bonds. The van der Waals surface area contributed by atoms with Crippen molar-refractivity contribution in [1.29, 1.82) is 0 Å². The molecule has 1 aliphatic carbocycles. The van der Waals surface area contributed by atoms with E-state index in [-0.39, 0.29) is 5.41 Å². The van der Waals surface area contributed by atoms with E-state index >= 15 is 0 Å². The average Bonchev–Trinajstić information content (AvgIpc) is 3.29. The predicted octanol–water partition coefficient (Wildman–Crippen LogP) is 11.9. The second kappa shape index (κ2) is 8.90. The summed E-state index contributed by atoms with van der Waals surface area (Å²) >= 11 is 0. The Bertz CT molecular complexity index is 2420. The molecule has 0 atom stereocenters. The normalized spacial score (nSPS) is 13.5. The number of fused-ring (bicyclic) bond motifs is 8. The molecule has 0 N–H and O–H groups in total. The summed E-state index contributed by atoms with van der Waals surface area (Å²) in [5.41, 5.74) is 10.6. The number of benzene rings is 8. The topological polar surface area (TPSA) is 0 Å². The molecule has 0 heteroatoms. The van der Waals surface area contributed by atoms with Crippen LogP contribution in [0.25, 0.3) is 76.5 Å². The van der Waals surface area contributed by atoms with Crippen LogP contribution in [-0.2, 0) is 5.41 Å². The molecule has 0 spiro atoms. The van der Waals surface area contributed by atoms with Gasteiger partial charge in [-0.15, -0.1) is 0 Å². The van der Waals surface area contributed by atoms with Gasteiger partial charge < -0.3 is 0 Å². The van der Waals surface area contributed by atoms with Gasteiger partial charge in [0.1, 0.15) is 0 Å². The Morgan fingerprint density at radius 1 is 0.395 bits per heavy atom. The van der Waals surface area contributed by atoms with Crippen molar-refractivity contribution in [2.75, 3.05) is 0 Å². The second-order valence-electron chi connectivity index (χ2n) is 12.5. The number of hydrogen-bond donors (Lipinski definition) is 0. The Labute approximate surface area is 251 Å². The molecule has 8 aromatic carbocycles. The standard InChI is InChI=1S/C43H30/c1-43(2)38-21-10-9-17-32(38)36-24-25-37-39(30-23-22-27-12-3-4-14-29(27)26-30)34-18-7-8-19-35(34)40(41(37)42(36)43)33-20-11-15-28-13-5-6-16-31(28)33/h3-26H,1-2H3. The Hall–Kier alpha value is -5.20. The smallest absolute Gasteiger partial charge is 0.0165 e. The lowest BCUT2D eigenvalue weighted by molar-refractivity contribution is 0.666. The molecule has 0 heterocycles. The number of rotatable bonds is 2. The molecule has 0 radical (unpaired) electrons. The summed E-state index contributed by atoms with van der Waals surface area (Å²) in [6, 6.07) is 54.1.